The van der Waals surface area contributed by atoms with Gasteiger partial charge in [-0.3, -0.25) is 0 Å². The normalized spacial score (nSPS) is 18.9. The van der Waals surface area contributed by atoms with Crippen LogP contribution in [-0.2, 0) is 5.41 Å². The Morgan fingerprint density at radius 3 is 2.52 bits per heavy atom. The van der Waals surface area contributed by atoms with Crippen molar-refractivity contribution >= 4 is 16.9 Å². The molecule has 2 N–H and O–H groups in total. The van der Waals surface area contributed by atoms with E-state index in [1.165, 1.54) is 0 Å². The zero-order valence-electron chi connectivity index (χ0n) is 19.0. The SMILES string of the molecule is Cc1cc(-c2nnc(NC[C@H]3C[C@@H](O)C3)o2)nc2c(C(C)(C)C)cc(OCC(F)(F)F)cc12. The Morgan fingerprint density at radius 2 is 1.88 bits per heavy atom. The number of rotatable bonds is 6. The molecule has 0 atom stereocenters. The number of ether oxygens (including phenoxy) is 1. The van der Waals surface area contributed by atoms with Gasteiger partial charge in [-0.1, -0.05) is 25.9 Å². The summed E-state index contributed by atoms with van der Waals surface area (Å²) in [6.45, 7) is 7.02. The number of aromatic nitrogens is 3. The number of fused-ring (bicyclic) bond motifs is 1. The first-order valence-corrected chi connectivity index (χ1v) is 10.8. The molecular formula is C23H27F3N4O3. The van der Waals surface area contributed by atoms with Crippen LogP contribution in [0.3, 0.4) is 0 Å². The van der Waals surface area contributed by atoms with Crippen molar-refractivity contribution in [1.29, 1.82) is 0 Å². The molecule has 178 valence electrons. The highest BCUT2D eigenvalue weighted by Crippen LogP contribution is 2.36. The van der Waals surface area contributed by atoms with E-state index in [1.54, 1.807) is 18.2 Å². The molecule has 7 nitrogen and oxygen atoms in total. The molecule has 1 aromatic carbocycles. The first kappa shape index (κ1) is 23.3. The van der Waals surface area contributed by atoms with Crippen LogP contribution >= 0.6 is 0 Å². The highest BCUT2D eigenvalue weighted by Gasteiger charge is 2.30. The van der Waals surface area contributed by atoms with E-state index in [9.17, 15) is 18.3 Å². The van der Waals surface area contributed by atoms with E-state index >= 15 is 0 Å². The molecule has 33 heavy (non-hydrogen) atoms. The van der Waals surface area contributed by atoms with Gasteiger partial charge < -0.3 is 19.6 Å². The third-order valence-corrected chi connectivity index (χ3v) is 5.70. The second-order valence-electron chi connectivity index (χ2n) is 9.63. The van der Waals surface area contributed by atoms with Gasteiger partial charge in [0.2, 0.25) is 0 Å². The van der Waals surface area contributed by atoms with E-state index in [0.717, 1.165) is 24.0 Å². The van der Waals surface area contributed by atoms with Crippen molar-refractivity contribution < 1.29 is 27.4 Å². The Balaban J connectivity index is 1.66. The average Bonchev–Trinajstić information content (AvgIpc) is 3.16. The minimum atomic E-state index is -4.42. The van der Waals surface area contributed by atoms with E-state index in [-0.39, 0.29) is 23.8 Å². The smallest absolute Gasteiger partial charge is 0.422 e. The summed E-state index contributed by atoms with van der Waals surface area (Å²) in [5.41, 5.74) is 2.28. The van der Waals surface area contributed by atoms with Gasteiger partial charge in [-0.15, -0.1) is 5.10 Å². The summed E-state index contributed by atoms with van der Waals surface area (Å²) < 4.78 is 48.8. The number of nitrogens with one attached hydrogen (secondary N) is 1. The van der Waals surface area contributed by atoms with Gasteiger partial charge in [-0.2, -0.15) is 13.2 Å². The summed E-state index contributed by atoms with van der Waals surface area (Å²) in [5.74, 6) is 0.765. The topological polar surface area (TPSA) is 93.3 Å². The van der Waals surface area contributed by atoms with Crippen molar-refractivity contribution in [3.8, 4) is 17.3 Å². The number of hydrogen-bond acceptors (Lipinski definition) is 7. The van der Waals surface area contributed by atoms with E-state index in [0.29, 0.717) is 29.1 Å². The number of alkyl halides is 3. The molecule has 0 spiro atoms. The fraction of sp³-hybridized carbons (Fsp3) is 0.522. The number of aliphatic hydroxyl groups excluding tert-OH is 1. The van der Waals surface area contributed by atoms with Crippen LogP contribution in [-0.4, -0.2) is 45.7 Å². The van der Waals surface area contributed by atoms with Gasteiger partial charge in [-0.05, 0) is 60.4 Å². The molecule has 1 saturated carbocycles. The predicted octanol–water partition coefficient (Wildman–Crippen LogP) is 5.01. The van der Waals surface area contributed by atoms with Gasteiger partial charge in [0.1, 0.15) is 11.4 Å². The van der Waals surface area contributed by atoms with Crippen molar-refractivity contribution in [3.05, 3.63) is 29.3 Å². The highest BCUT2D eigenvalue weighted by molar-refractivity contribution is 5.89. The first-order valence-electron chi connectivity index (χ1n) is 10.8. The molecule has 0 radical (unpaired) electrons. The zero-order chi connectivity index (χ0) is 24.0. The number of pyridine rings is 1. The van der Waals surface area contributed by atoms with E-state index in [2.05, 4.69) is 15.5 Å². The summed E-state index contributed by atoms with van der Waals surface area (Å²) in [6, 6.07) is 5.23. The summed E-state index contributed by atoms with van der Waals surface area (Å²) in [7, 11) is 0. The molecule has 0 amide bonds. The second kappa shape index (κ2) is 8.48. The van der Waals surface area contributed by atoms with Gasteiger partial charge in [-0.25, -0.2) is 4.98 Å². The number of nitrogens with zero attached hydrogens (tertiary/aromatic N) is 3. The molecule has 0 saturated heterocycles. The standard InChI is InChI=1S/C23H27F3N4O3/c1-12-5-18(20-29-30-21(33-20)27-10-13-6-14(31)7-13)28-19-16(12)8-15(32-11-23(24,25)26)9-17(19)22(2,3)4/h5,8-9,13-14,31H,6-7,10-11H2,1-4H3,(H,27,30)/t13-,14+. The molecule has 1 aliphatic carbocycles. The Hall–Kier alpha value is -2.88. The monoisotopic (exact) mass is 464 g/mol. The van der Waals surface area contributed by atoms with Gasteiger partial charge in [0, 0.05) is 11.9 Å². The fourth-order valence-electron chi connectivity index (χ4n) is 3.89. The first-order chi connectivity index (χ1) is 15.4. The van der Waals surface area contributed by atoms with Crippen LogP contribution in [0.2, 0.25) is 0 Å². The maximum atomic E-state index is 12.7. The average molecular weight is 464 g/mol. The summed E-state index contributed by atoms with van der Waals surface area (Å²) in [5, 5.41) is 21.3. The van der Waals surface area contributed by atoms with Gasteiger partial charge >= 0.3 is 12.2 Å². The van der Waals surface area contributed by atoms with Crippen molar-refractivity contribution in [2.75, 3.05) is 18.5 Å². The van der Waals surface area contributed by atoms with Crippen LogP contribution in [0, 0.1) is 12.8 Å². The Morgan fingerprint density at radius 1 is 1.15 bits per heavy atom. The Labute approximate surface area is 189 Å². The van der Waals surface area contributed by atoms with E-state index < -0.39 is 18.2 Å². The van der Waals surface area contributed by atoms with Crippen LogP contribution in [0.4, 0.5) is 19.2 Å². The maximum Gasteiger partial charge on any atom is 0.422 e. The van der Waals surface area contributed by atoms with Gasteiger partial charge in [0.15, 0.2) is 6.61 Å². The lowest BCUT2D eigenvalue weighted by Crippen LogP contribution is -2.33. The maximum absolute atomic E-state index is 12.7. The molecule has 0 bridgehead atoms. The van der Waals surface area contributed by atoms with E-state index in [4.69, 9.17) is 14.1 Å². The minimum Gasteiger partial charge on any atom is -0.484 e. The van der Waals surface area contributed by atoms with Crippen LogP contribution < -0.4 is 10.1 Å². The third kappa shape index (κ3) is 5.38. The molecule has 3 aromatic rings. The molecule has 10 heteroatoms. The Kier molecular flexibility index (Phi) is 5.98. The summed E-state index contributed by atoms with van der Waals surface area (Å²) in [6.07, 6.45) is -3.14. The van der Waals surface area contributed by atoms with Crippen LogP contribution in [0.1, 0.15) is 44.7 Å². The third-order valence-electron chi connectivity index (χ3n) is 5.70. The Bertz CT molecular complexity index is 1150. The molecular weight excluding hydrogens is 437 g/mol. The van der Waals surface area contributed by atoms with Crippen molar-refractivity contribution in [2.45, 2.75) is 58.2 Å². The number of halogens is 3. The van der Waals surface area contributed by atoms with Crippen molar-refractivity contribution in [1.82, 2.24) is 15.2 Å². The highest BCUT2D eigenvalue weighted by atomic mass is 19.4. The summed E-state index contributed by atoms with van der Waals surface area (Å²) in [4.78, 5) is 4.73. The van der Waals surface area contributed by atoms with Crippen molar-refractivity contribution in [3.63, 3.8) is 0 Å². The molecule has 0 unspecified atom stereocenters. The van der Waals surface area contributed by atoms with Gasteiger partial charge in [0.05, 0.1) is 11.6 Å². The largest absolute Gasteiger partial charge is 0.484 e. The second-order valence-corrected chi connectivity index (χ2v) is 9.63. The van der Waals surface area contributed by atoms with Crippen LogP contribution in [0.15, 0.2) is 22.6 Å². The molecule has 0 aliphatic heterocycles. The lowest BCUT2D eigenvalue weighted by atomic mass is 9.82. The lowest BCUT2D eigenvalue weighted by Gasteiger charge is -2.30. The minimum absolute atomic E-state index is 0.146. The number of hydrogen-bond donors (Lipinski definition) is 2. The van der Waals surface area contributed by atoms with E-state index in [1.807, 2.05) is 27.7 Å². The van der Waals surface area contributed by atoms with Crippen LogP contribution in [0.5, 0.6) is 5.75 Å². The lowest BCUT2D eigenvalue weighted by molar-refractivity contribution is -0.153. The summed E-state index contributed by atoms with van der Waals surface area (Å²) >= 11 is 0. The van der Waals surface area contributed by atoms with Crippen molar-refractivity contribution in [2.24, 2.45) is 5.92 Å². The molecule has 4 rings (SSSR count). The molecule has 2 heterocycles. The quantitative estimate of drug-likeness (QED) is 0.529. The predicted molar refractivity (Wildman–Crippen MR) is 117 cm³/mol. The van der Waals surface area contributed by atoms with Crippen LogP contribution in [0.25, 0.3) is 22.5 Å². The number of aliphatic hydroxyl groups is 1. The number of benzene rings is 1. The number of aryl methyl sites for hydroxylation is 1. The molecule has 2 aromatic heterocycles. The molecule has 1 aliphatic rings. The van der Waals surface area contributed by atoms with Gasteiger partial charge in [0.25, 0.3) is 5.89 Å². The number of anilines is 1. The molecule has 1 fully saturated rings. The fourth-order valence-corrected chi connectivity index (χ4v) is 3.89. The zero-order valence-corrected chi connectivity index (χ0v) is 19.0.